The first kappa shape index (κ1) is 11.6. The molecule has 0 aliphatic carbocycles. The lowest BCUT2D eigenvalue weighted by Crippen LogP contribution is -2.38. The van der Waals surface area contributed by atoms with Crippen LogP contribution in [0.1, 0.15) is 6.92 Å². The largest absolute Gasteiger partial charge is 0.398 e. The van der Waals surface area contributed by atoms with Crippen molar-refractivity contribution in [3.63, 3.8) is 0 Å². The molecule has 8 heteroatoms. The van der Waals surface area contributed by atoms with Gasteiger partial charge in [0.05, 0.1) is 0 Å². The number of alkyl halides is 5. The fourth-order valence-electron chi connectivity index (χ4n) is 0.355. The van der Waals surface area contributed by atoms with Gasteiger partial charge in [-0.05, 0) is 6.92 Å². The molecule has 0 spiro atoms. The Bertz CT molecular complexity index is 222. The lowest BCUT2D eigenvalue weighted by molar-refractivity contribution is -0.210. The molecule has 0 rings (SSSR count). The average molecular weight is 212 g/mol. The van der Waals surface area contributed by atoms with Gasteiger partial charge in [-0.1, -0.05) is 0 Å². The zero-order chi connectivity index (χ0) is 10.2. The SMILES string of the molecule is CC(C(F)(F)F)C(F)(F)[SH](=O)=O. The maximum absolute atomic E-state index is 12.1. The van der Waals surface area contributed by atoms with Crippen molar-refractivity contribution in [3.05, 3.63) is 0 Å². The highest BCUT2D eigenvalue weighted by Gasteiger charge is 2.55. The first-order chi connectivity index (χ1) is 5.10. The van der Waals surface area contributed by atoms with Crippen LogP contribution in [0.3, 0.4) is 0 Å². The molecule has 2 nitrogen and oxygen atoms in total. The number of halogens is 5. The smallest absolute Gasteiger partial charge is 0.226 e. The van der Waals surface area contributed by atoms with Gasteiger partial charge >= 0.3 is 11.4 Å². The molecule has 0 saturated carbocycles. The zero-order valence-electron chi connectivity index (χ0n) is 5.73. The normalized spacial score (nSPS) is 16.6. The predicted octanol–water partition coefficient (Wildman–Crippen LogP) is 1.39. The van der Waals surface area contributed by atoms with E-state index in [2.05, 4.69) is 0 Å². The molecule has 12 heavy (non-hydrogen) atoms. The minimum atomic E-state index is -5.21. The van der Waals surface area contributed by atoms with Crippen LogP contribution in [-0.4, -0.2) is 19.8 Å². The van der Waals surface area contributed by atoms with Crippen LogP contribution >= 0.6 is 0 Å². The number of rotatable bonds is 2. The Kier molecular flexibility index (Phi) is 3.05. The monoisotopic (exact) mass is 212 g/mol. The molecule has 0 radical (unpaired) electrons. The first-order valence-electron chi connectivity index (χ1n) is 2.69. The Hall–Kier alpha value is -0.400. The Morgan fingerprint density at radius 3 is 1.50 bits per heavy atom. The van der Waals surface area contributed by atoms with E-state index >= 15 is 0 Å². The van der Waals surface area contributed by atoms with Crippen LogP contribution in [0.25, 0.3) is 0 Å². The van der Waals surface area contributed by atoms with Crippen molar-refractivity contribution in [3.8, 4) is 0 Å². The summed E-state index contributed by atoms with van der Waals surface area (Å²) in [6, 6.07) is 0. The molecule has 1 unspecified atom stereocenters. The highest BCUT2D eigenvalue weighted by Crippen LogP contribution is 2.38. The van der Waals surface area contributed by atoms with Gasteiger partial charge in [-0.3, -0.25) is 0 Å². The van der Waals surface area contributed by atoms with Crippen molar-refractivity contribution in [2.75, 3.05) is 0 Å². The summed E-state index contributed by atoms with van der Waals surface area (Å²) in [7, 11) is -4.40. The summed E-state index contributed by atoms with van der Waals surface area (Å²) in [5.74, 6) is -3.17. The van der Waals surface area contributed by atoms with E-state index in [1.165, 1.54) is 0 Å². The Morgan fingerprint density at radius 2 is 1.42 bits per heavy atom. The van der Waals surface area contributed by atoms with Crippen molar-refractivity contribution in [2.45, 2.75) is 18.4 Å². The summed E-state index contributed by atoms with van der Waals surface area (Å²) >= 11 is 0. The Labute approximate surface area is 66.3 Å². The molecule has 1 atom stereocenters. The van der Waals surface area contributed by atoms with E-state index in [0.29, 0.717) is 0 Å². The molecule has 0 fully saturated rings. The van der Waals surface area contributed by atoms with Crippen molar-refractivity contribution in [1.29, 1.82) is 0 Å². The highest BCUT2D eigenvalue weighted by atomic mass is 32.2. The molecule has 74 valence electrons. The molecular weight excluding hydrogens is 207 g/mol. The van der Waals surface area contributed by atoms with Gasteiger partial charge in [0.25, 0.3) is 0 Å². The molecule has 0 aromatic heterocycles. The third-order valence-corrected chi connectivity index (χ3v) is 2.13. The Morgan fingerprint density at radius 1 is 1.08 bits per heavy atom. The molecule has 0 bridgehead atoms. The topological polar surface area (TPSA) is 34.1 Å². The van der Waals surface area contributed by atoms with Gasteiger partial charge in [0.15, 0.2) is 0 Å². The van der Waals surface area contributed by atoms with Crippen LogP contribution in [0.5, 0.6) is 0 Å². The fourth-order valence-corrected chi connectivity index (χ4v) is 0.818. The van der Waals surface area contributed by atoms with Crippen LogP contribution in [0.2, 0.25) is 0 Å². The van der Waals surface area contributed by atoms with Crippen molar-refractivity contribution in [2.24, 2.45) is 5.92 Å². The molecular formula is C4H5F5O2S. The van der Waals surface area contributed by atoms with Crippen molar-refractivity contribution in [1.82, 2.24) is 0 Å². The first-order valence-corrected chi connectivity index (χ1v) is 3.87. The van der Waals surface area contributed by atoms with Crippen LogP contribution in [0.4, 0.5) is 22.0 Å². The highest BCUT2D eigenvalue weighted by molar-refractivity contribution is 7.73. The number of hydrogen-bond donors (Lipinski definition) is 1. The van der Waals surface area contributed by atoms with E-state index in [4.69, 9.17) is 0 Å². The summed E-state index contributed by atoms with van der Waals surface area (Å²) in [5, 5.41) is -4.73. The molecule has 0 amide bonds. The van der Waals surface area contributed by atoms with E-state index < -0.39 is 28.1 Å². The van der Waals surface area contributed by atoms with Crippen LogP contribution in [0.15, 0.2) is 0 Å². The van der Waals surface area contributed by atoms with Gasteiger partial charge in [-0.25, -0.2) is 8.42 Å². The second kappa shape index (κ2) is 3.15. The van der Waals surface area contributed by atoms with Gasteiger partial charge in [0.2, 0.25) is 10.7 Å². The van der Waals surface area contributed by atoms with Crippen LogP contribution in [0, 0.1) is 5.92 Å². The zero-order valence-corrected chi connectivity index (χ0v) is 6.63. The van der Waals surface area contributed by atoms with E-state index in [0.717, 1.165) is 0 Å². The minimum Gasteiger partial charge on any atom is -0.226 e. The van der Waals surface area contributed by atoms with Gasteiger partial charge in [-0.2, -0.15) is 22.0 Å². The minimum absolute atomic E-state index is 0.116. The maximum Gasteiger partial charge on any atom is 0.398 e. The summed E-state index contributed by atoms with van der Waals surface area (Å²) in [6.45, 7) is 0.116. The van der Waals surface area contributed by atoms with E-state index in [1.54, 1.807) is 0 Å². The molecule has 0 heterocycles. The molecule has 0 N–H and O–H groups in total. The van der Waals surface area contributed by atoms with E-state index in [-0.39, 0.29) is 6.92 Å². The molecule has 0 aromatic rings. The van der Waals surface area contributed by atoms with Gasteiger partial charge in [0, 0.05) is 0 Å². The quantitative estimate of drug-likeness (QED) is 0.554. The van der Waals surface area contributed by atoms with Gasteiger partial charge in [-0.15, -0.1) is 0 Å². The molecule has 0 aliphatic heterocycles. The summed E-state index contributed by atoms with van der Waals surface area (Å²) in [5.41, 5.74) is 0. The van der Waals surface area contributed by atoms with E-state index in [1.807, 2.05) is 0 Å². The third-order valence-electron chi connectivity index (χ3n) is 1.26. The van der Waals surface area contributed by atoms with E-state index in [9.17, 15) is 30.4 Å². The van der Waals surface area contributed by atoms with Crippen LogP contribution < -0.4 is 0 Å². The van der Waals surface area contributed by atoms with Crippen molar-refractivity contribution >= 4 is 10.7 Å². The number of hydrogen-bond acceptors (Lipinski definition) is 2. The number of thiol groups is 1. The lowest BCUT2D eigenvalue weighted by atomic mass is 10.2. The Balaban J connectivity index is 4.81. The second-order valence-corrected chi connectivity index (χ2v) is 3.22. The maximum atomic E-state index is 12.1. The predicted molar refractivity (Wildman–Crippen MR) is 30.5 cm³/mol. The molecule has 0 saturated heterocycles. The third kappa shape index (κ3) is 2.29. The van der Waals surface area contributed by atoms with Crippen LogP contribution in [-0.2, 0) is 10.7 Å². The molecule has 0 aromatic carbocycles. The second-order valence-electron chi connectivity index (χ2n) is 2.11. The standard InChI is InChI=1S/C4H5F5O2S/c1-2(3(5,6)7)4(8,9)12(10)11/h2,12H,1H3. The van der Waals surface area contributed by atoms with Gasteiger partial charge in [0.1, 0.15) is 5.92 Å². The average Bonchev–Trinajstić information content (AvgIpc) is 1.83. The fraction of sp³-hybridized carbons (Fsp3) is 1.00. The summed E-state index contributed by atoms with van der Waals surface area (Å²) < 4.78 is 78.3. The van der Waals surface area contributed by atoms with Gasteiger partial charge < -0.3 is 0 Å². The van der Waals surface area contributed by atoms with Crippen molar-refractivity contribution < 1.29 is 30.4 Å². The lowest BCUT2D eigenvalue weighted by Gasteiger charge is -2.20. The summed E-state index contributed by atoms with van der Waals surface area (Å²) in [4.78, 5) is 0. The summed E-state index contributed by atoms with van der Waals surface area (Å²) in [6.07, 6.45) is -5.21. The molecule has 0 aliphatic rings.